The Labute approximate surface area is 213 Å². The molecule has 0 spiro atoms. The molecule has 1 aliphatic heterocycles. The van der Waals surface area contributed by atoms with Crippen molar-refractivity contribution in [2.24, 2.45) is 13.0 Å². The number of amides is 2. The number of morpholine rings is 1. The summed E-state index contributed by atoms with van der Waals surface area (Å²) in [5.41, 5.74) is -0.0804. The van der Waals surface area contributed by atoms with Crippen LogP contribution >= 0.6 is 0 Å². The third-order valence-corrected chi connectivity index (χ3v) is 7.54. The lowest BCUT2D eigenvalue weighted by Gasteiger charge is -2.34. The van der Waals surface area contributed by atoms with Crippen molar-refractivity contribution in [3.63, 3.8) is 0 Å². The van der Waals surface area contributed by atoms with Gasteiger partial charge in [0.2, 0.25) is 21.8 Å². The van der Waals surface area contributed by atoms with Gasteiger partial charge in [0.05, 0.1) is 25.2 Å². The van der Waals surface area contributed by atoms with Crippen LogP contribution in [-0.2, 0) is 43.7 Å². The van der Waals surface area contributed by atoms with Crippen molar-refractivity contribution in [2.45, 2.75) is 44.6 Å². The second kappa shape index (κ2) is 12.0. The average Bonchev–Trinajstić information content (AvgIpc) is 3.24. The van der Waals surface area contributed by atoms with Crippen molar-refractivity contribution in [1.82, 2.24) is 24.7 Å². The van der Waals surface area contributed by atoms with Gasteiger partial charge in [-0.3, -0.25) is 14.3 Å². The van der Waals surface area contributed by atoms with Crippen LogP contribution in [0.25, 0.3) is 0 Å². The van der Waals surface area contributed by atoms with Crippen molar-refractivity contribution in [2.75, 3.05) is 19.8 Å². The molecule has 2 aromatic rings. The molecule has 14 heteroatoms. The van der Waals surface area contributed by atoms with Crippen LogP contribution in [0.5, 0.6) is 0 Å². The molecule has 1 aromatic heterocycles. The Balaban J connectivity index is 1.75. The number of aryl methyl sites for hydroxylation is 1. The first-order chi connectivity index (χ1) is 17.4. The largest absolute Gasteiger partial charge is 0.378 e. The number of benzene rings is 1. The van der Waals surface area contributed by atoms with Crippen LogP contribution < -0.4 is 10.6 Å². The highest BCUT2D eigenvalue weighted by Crippen LogP contribution is 2.22. The van der Waals surface area contributed by atoms with Gasteiger partial charge in [0.15, 0.2) is 0 Å². The fourth-order valence-corrected chi connectivity index (χ4v) is 5.65. The van der Waals surface area contributed by atoms with Crippen molar-refractivity contribution >= 4 is 21.8 Å². The summed E-state index contributed by atoms with van der Waals surface area (Å²) in [6.45, 7) is 3.30. The Bertz CT molecular complexity index is 1210. The number of carbonyl (C=O) groups is 2. The number of hydrogen-bond acceptors (Lipinski definition) is 6. The van der Waals surface area contributed by atoms with E-state index in [0.29, 0.717) is 12.1 Å². The van der Waals surface area contributed by atoms with Crippen molar-refractivity contribution in [3.8, 4) is 0 Å². The van der Waals surface area contributed by atoms with Crippen LogP contribution in [-0.4, -0.2) is 66.2 Å². The Morgan fingerprint density at radius 3 is 2.49 bits per heavy atom. The van der Waals surface area contributed by atoms with Crippen molar-refractivity contribution < 1.29 is 35.9 Å². The van der Waals surface area contributed by atoms with Gasteiger partial charge in [-0.1, -0.05) is 13.8 Å². The van der Waals surface area contributed by atoms with Gasteiger partial charge in [0, 0.05) is 49.6 Å². The van der Waals surface area contributed by atoms with E-state index in [1.165, 1.54) is 0 Å². The van der Waals surface area contributed by atoms with Crippen LogP contribution in [0.1, 0.15) is 31.4 Å². The highest BCUT2D eigenvalue weighted by atomic mass is 32.2. The summed E-state index contributed by atoms with van der Waals surface area (Å²) in [6.07, 6.45) is 3.59. The molecule has 1 fully saturated rings. The molecule has 0 radical (unpaired) electrons. The summed E-state index contributed by atoms with van der Waals surface area (Å²) in [4.78, 5) is 26.0. The summed E-state index contributed by atoms with van der Waals surface area (Å²) in [5.74, 6) is -6.23. The van der Waals surface area contributed by atoms with Gasteiger partial charge in [0.1, 0.15) is 29.5 Å². The minimum Gasteiger partial charge on any atom is -0.378 e. The zero-order valence-corrected chi connectivity index (χ0v) is 21.5. The Kier molecular flexibility index (Phi) is 9.31. The summed E-state index contributed by atoms with van der Waals surface area (Å²) in [7, 11) is -2.70. The molecule has 0 aliphatic carbocycles. The normalized spacial score (nSPS) is 17.5. The van der Waals surface area contributed by atoms with E-state index in [-0.39, 0.29) is 38.6 Å². The Morgan fingerprint density at radius 1 is 1.22 bits per heavy atom. The van der Waals surface area contributed by atoms with Crippen molar-refractivity contribution in [1.29, 1.82) is 0 Å². The molecule has 0 saturated carbocycles. The van der Waals surface area contributed by atoms with E-state index in [4.69, 9.17) is 4.74 Å². The predicted molar refractivity (Wildman–Crippen MR) is 127 cm³/mol. The molecular weight excluding hydrogens is 515 g/mol. The number of hydrogen-bond donors (Lipinski definition) is 2. The Hall–Kier alpha value is -2.97. The van der Waals surface area contributed by atoms with Crippen molar-refractivity contribution in [3.05, 3.63) is 53.1 Å². The molecule has 1 saturated heterocycles. The van der Waals surface area contributed by atoms with Crippen LogP contribution in [0, 0.1) is 23.4 Å². The highest BCUT2D eigenvalue weighted by molar-refractivity contribution is 7.88. The van der Waals surface area contributed by atoms with E-state index < -0.39 is 62.7 Å². The molecular formula is C23H30F3N5O5S. The smallest absolute Gasteiger partial charge is 0.242 e. The van der Waals surface area contributed by atoms with Gasteiger partial charge < -0.3 is 15.4 Å². The highest BCUT2D eigenvalue weighted by Gasteiger charge is 2.39. The van der Waals surface area contributed by atoms with Gasteiger partial charge in [-0.25, -0.2) is 21.6 Å². The molecule has 204 valence electrons. The minimum atomic E-state index is -4.43. The van der Waals surface area contributed by atoms with Gasteiger partial charge in [0.25, 0.3) is 0 Å². The lowest BCUT2D eigenvalue weighted by atomic mass is 10.0. The molecule has 10 nitrogen and oxygen atoms in total. The minimum absolute atomic E-state index is 0.0151. The Morgan fingerprint density at radius 2 is 1.89 bits per heavy atom. The predicted octanol–water partition coefficient (Wildman–Crippen LogP) is 1.22. The lowest BCUT2D eigenvalue weighted by molar-refractivity contribution is -0.134. The molecule has 1 aliphatic rings. The molecule has 1 aromatic carbocycles. The second-order valence-electron chi connectivity index (χ2n) is 9.24. The van der Waals surface area contributed by atoms with E-state index in [9.17, 15) is 31.2 Å². The van der Waals surface area contributed by atoms with E-state index in [1.54, 1.807) is 24.1 Å². The first-order valence-corrected chi connectivity index (χ1v) is 13.2. The van der Waals surface area contributed by atoms with Gasteiger partial charge in [-0.2, -0.15) is 9.40 Å². The van der Waals surface area contributed by atoms with Crippen LogP contribution in [0.2, 0.25) is 0 Å². The zero-order chi connectivity index (χ0) is 27.3. The molecule has 2 amide bonds. The molecule has 2 N–H and O–H groups in total. The number of ether oxygens (including phenoxy) is 1. The number of rotatable bonds is 10. The summed E-state index contributed by atoms with van der Waals surface area (Å²) in [5, 5.41) is 9.36. The fourth-order valence-electron chi connectivity index (χ4n) is 3.95. The average molecular weight is 546 g/mol. The summed E-state index contributed by atoms with van der Waals surface area (Å²) in [6, 6.07) is -1.57. The number of carbonyl (C=O) groups excluding carboxylic acids is 2. The van der Waals surface area contributed by atoms with Gasteiger partial charge in [-0.15, -0.1) is 0 Å². The maximum absolute atomic E-state index is 14.1. The first kappa shape index (κ1) is 28.6. The molecule has 37 heavy (non-hydrogen) atoms. The number of aromatic nitrogens is 2. The zero-order valence-electron chi connectivity index (χ0n) is 20.7. The number of sulfonamides is 1. The second-order valence-corrected chi connectivity index (χ2v) is 11.2. The lowest BCUT2D eigenvalue weighted by Crippen LogP contribution is -2.59. The fraction of sp³-hybridized carbons (Fsp3) is 0.522. The topological polar surface area (TPSA) is 123 Å². The van der Waals surface area contributed by atoms with Crippen LogP contribution in [0.15, 0.2) is 24.5 Å². The maximum atomic E-state index is 14.1. The molecule has 2 heterocycles. The summed E-state index contributed by atoms with van der Waals surface area (Å²) < 4.78 is 75.4. The van der Waals surface area contributed by atoms with Crippen LogP contribution in [0.3, 0.4) is 0 Å². The van der Waals surface area contributed by atoms with E-state index in [2.05, 4.69) is 15.7 Å². The SMILES string of the molecule is CC(C)CC(NC(=O)C1COCCN1S(=O)(=O)Cc1c(F)cc(F)cc1F)C(=O)NCc1cnn(C)c1. The molecule has 0 bridgehead atoms. The van der Waals surface area contributed by atoms with E-state index in [0.717, 1.165) is 9.87 Å². The summed E-state index contributed by atoms with van der Waals surface area (Å²) >= 11 is 0. The maximum Gasteiger partial charge on any atom is 0.242 e. The number of halogens is 3. The van der Waals surface area contributed by atoms with E-state index >= 15 is 0 Å². The monoisotopic (exact) mass is 545 g/mol. The van der Waals surface area contributed by atoms with E-state index in [1.807, 2.05) is 13.8 Å². The standard InChI is InChI=1S/C23H30F3N5O5S/c1-14(2)6-20(22(32)27-9-15-10-28-30(3)11-15)29-23(33)21-12-36-5-4-31(21)37(34,35)13-17-18(25)7-16(24)8-19(17)26/h7-8,10-11,14,20-21H,4-6,9,12-13H2,1-3H3,(H,27,32)(H,29,33). The van der Waals surface area contributed by atoms with Gasteiger partial charge in [-0.05, 0) is 12.3 Å². The van der Waals surface area contributed by atoms with Gasteiger partial charge >= 0.3 is 0 Å². The molecule has 2 unspecified atom stereocenters. The molecule has 3 rings (SSSR count). The third-order valence-electron chi connectivity index (χ3n) is 5.74. The first-order valence-electron chi connectivity index (χ1n) is 11.6. The quantitative estimate of drug-likeness (QED) is 0.463. The van der Waals surface area contributed by atoms with Crippen LogP contribution in [0.4, 0.5) is 13.2 Å². The molecule has 2 atom stereocenters. The number of nitrogens with zero attached hydrogens (tertiary/aromatic N) is 3. The number of nitrogens with one attached hydrogen (secondary N) is 2. The third kappa shape index (κ3) is 7.52.